The Labute approximate surface area is 208 Å². The summed E-state index contributed by atoms with van der Waals surface area (Å²) in [5.41, 5.74) is 2.13. The van der Waals surface area contributed by atoms with E-state index in [4.69, 9.17) is 14.2 Å². The molecule has 2 amide bonds. The van der Waals surface area contributed by atoms with Crippen molar-refractivity contribution < 1.29 is 23.8 Å². The molecule has 190 valence electrons. The second-order valence-corrected chi connectivity index (χ2v) is 9.23. The average Bonchev–Trinajstić information content (AvgIpc) is 2.84. The average molecular weight is 484 g/mol. The molecule has 1 N–H and O–H groups in total. The molecule has 2 aromatic carbocycles. The number of para-hydroxylation sites is 1. The highest BCUT2D eigenvalue weighted by molar-refractivity contribution is 5.98. The number of ether oxygens (including phenoxy) is 3. The molecule has 0 radical (unpaired) electrons. The van der Waals surface area contributed by atoms with Crippen molar-refractivity contribution in [2.45, 2.75) is 39.5 Å². The van der Waals surface area contributed by atoms with Crippen LogP contribution in [-0.4, -0.2) is 74.7 Å². The second-order valence-electron chi connectivity index (χ2n) is 9.23. The standard InChI is InChI=1S/C27H37N3O5/c1-18-14-30(15-21-9-7-8-10-24(21)33-5)19(2)17-35-25-13-22(28-20(3)31)11-12-23(25)27(32)29(4)16-26(18)34-6/h7-13,18-19,26H,14-17H2,1-6H3,(H,28,31)/t18-,19+,26-/m1/s1. The molecule has 0 saturated carbocycles. The summed E-state index contributed by atoms with van der Waals surface area (Å²) in [7, 11) is 5.14. The predicted molar refractivity (Wildman–Crippen MR) is 136 cm³/mol. The maximum absolute atomic E-state index is 13.3. The molecule has 0 bridgehead atoms. The lowest BCUT2D eigenvalue weighted by Crippen LogP contribution is -2.46. The first kappa shape index (κ1) is 26.5. The normalized spacial score (nSPS) is 21.8. The van der Waals surface area contributed by atoms with Crippen LogP contribution in [0.4, 0.5) is 5.69 Å². The summed E-state index contributed by atoms with van der Waals surface area (Å²) < 4.78 is 17.6. The van der Waals surface area contributed by atoms with E-state index in [0.29, 0.717) is 36.7 Å². The van der Waals surface area contributed by atoms with Gasteiger partial charge in [-0.15, -0.1) is 0 Å². The van der Waals surface area contributed by atoms with Gasteiger partial charge < -0.3 is 24.4 Å². The topological polar surface area (TPSA) is 80.3 Å². The van der Waals surface area contributed by atoms with Crippen LogP contribution in [0.1, 0.15) is 36.7 Å². The van der Waals surface area contributed by atoms with Crippen LogP contribution in [0.3, 0.4) is 0 Å². The van der Waals surface area contributed by atoms with Crippen molar-refractivity contribution in [3.8, 4) is 11.5 Å². The van der Waals surface area contributed by atoms with Crippen molar-refractivity contribution in [3.05, 3.63) is 53.6 Å². The third kappa shape index (κ3) is 6.74. The molecular weight excluding hydrogens is 446 g/mol. The number of nitrogens with zero attached hydrogens (tertiary/aromatic N) is 2. The van der Waals surface area contributed by atoms with Crippen molar-refractivity contribution in [1.29, 1.82) is 0 Å². The lowest BCUT2D eigenvalue weighted by atomic mass is 10.0. The molecule has 0 saturated heterocycles. The quantitative estimate of drug-likeness (QED) is 0.699. The molecule has 1 aliphatic heterocycles. The first-order valence-electron chi connectivity index (χ1n) is 11.9. The number of nitrogens with one attached hydrogen (secondary N) is 1. The zero-order chi connectivity index (χ0) is 25.5. The van der Waals surface area contributed by atoms with E-state index in [1.54, 1.807) is 44.4 Å². The van der Waals surface area contributed by atoms with Gasteiger partial charge in [0.15, 0.2) is 0 Å². The minimum atomic E-state index is -0.185. The summed E-state index contributed by atoms with van der Waals surface area (Å²) in [6.45, 7) is 7.96. The highest BCUT2D eigenvalue weighted by Crippen LogP contribution is 2.28. The van der Waals surface area contributed by atoms with E-state index in [0.717, 1.165) is 17.9 Å². The van der Waals surface area contributed by atoms with E-state index in [1.807, 2.05) is 18.2 Å². The molecule has 2 aromatic rings. The molecule has 8 heteroatoms. The molecule has 35 heavy (non-hydrogen) atoms. The molecule has 8 nitrogen and oxygen atoms in total. The monoisotopic (exact) mass is 483 g/mol. The first-order valence-corrected chi connectivity index (χ1v) is 11.9. The number of benzene rings is 2. The first-order chi connectivity index (χ1) is 16.7. The maximum atomic E-state index is 13.3. The SMILES string of the molecule is COc1ccccc1CN1C[C@@H](C)[C@H](OC)CN(C)C(=O)c2ccc(NC(C)=O)cc2OC[C@@H]1C. The molecule has 3 atom stereocenters. The number of hydrogen-bond donors (Lipinski definition) is 1. The molecule has 0 aliphatic carbocycles. The summed E-state index contributed by atoms with van der Waals surface area (Å²) in [6.07, 6.45) is -0.140. The van der Waals surface area contributed by atoms with E-state index >= 15 is 0 Å². The molecule has 1 aliphatic rings. The number of fused-ring (bicyclic) bond motifs is 1. The Morgan fingerprint density at radius 3 is 2.57 bits per heavy atom. The van der Waals surface area contributed by atoms with Gasteiger partial charge in [0.05, 0.1) is 18.8 Å². The third-order valence-electron chi connectivity index (χ3n) is 6.46. The number of carbonyl (C=O) groups is 2. The maximum Gasteiger partial charge on any atom is 0.257 e. The zero-order valence-corrected chi connectivity index (χ0v) is 21.5. The van der Waals surface area contributed by atoms with E-state index in [9.17, 15) is 9.59 Å². The lowest BCUT2D eigenvalue weighted by molar-refractivity contribution is -0.114. The summed E-state index contributed by atoms with van der Waals surface area (Å²) in [5, 5.41) is 2.77. The van der Waals surface area contributed by atoms with Crippen LogP contribution < -0.4 is 14.8 Å². The van der Waals surface area contributed by atoms with Crippen LogP contribution in [0.5, 0.6) is 11.5 Å². The molecule has 1 heterocycles. The predicted octanol–water partition coefficient (Wildman–Crippen LogP) is 3.66. The van der Waals surface area contributed by atoms with E-state index in [1.165, 1.54) is 6.92 Å². The van der Waals surface area contributed by atoms with Crippen molar-refractivity contribution >= 4 is 17.5 Å². The highest BCUT2D eigenvalue weighted by atomic mass is 16.5. The Hall–Kier alpha value is -3.10. The molecule has 0 spiro atoms. The summed E-state index contributed by atoms with van der Waals surface area (Å²) in [6, 6.07) is 13.2. The fraction of sp³-hybridized carbons (Fsp3) is 0.481. The van der Waals surface area contributed by atoms with Crippen molar-refractivity contribution in [3.63, 3.8) is 0 Å². The van der Waals surface area contributed by atoms with E-state index in [-0.39, 0.29) is 29.9 Å². The van der Waals surface area contributed by atoms with Gasteiger partial charge in [-0.05, 0) is 31.0 Å². The number of methoxy groups -OCH3 is 2. The Morgan fingerprint density at radius 1 is 1.14 bits per heavy atom. The van der Waals surface area contributed by atoms with Gasteiger partial charge in [-0.25, -0.2) is 0 Å². The van der Waals surface area contributed by atoms with Crippen LogP contribution in [0.15, 0.2) is 42.5 Å². The third-order valence-corrected chi connectivity index (χ3v) is 6.46. The largest absolute Gasteiger partial charge is 0.496 e. The summed E-state index contributed by atoms with van der Waals surface area (Å²) in [4.78, 5) is 28.9. The summed E-state index contributed by atoms with van der Waals surface area (Å²) >= 11 is 0. The number of likely N-dealkylation sites (N-methyl/N-ethyl adjacent to an activating group) is 1. The van der Waals surface area contributed by atoms with E-state index < -0.39 is 0 Å². The van der Waals surface area contributed by atoms with Gasteiger partial charge in [0.25, 0.3) is 5.91 Å². The fourth-order valence-corrected chi connectivity index (χ4v) is 4.40. The van der Waals surface area contributed by atoms with Crippen molar-refractivity contribution in [1.82, 2.24) is 9.80 Å². The number of hydrogen-bond acceptors (Lipinski definition) is 6. The number of anilines is 1. The van der Waals surface area contributed by atoms with Gasteiger partial charge in [0.1, 0.15) is 18.1 Å². The van der Waals surface area contributed by atoms with Gasteiger partial charge in [0.2, 0.25) is 5.91 Å². The van der Waals surface area contributed by atoms with Crippen LogP contribution in [0.25, 0.3) is 0 Å². The van der Waals surface area contributed by atoms with Gasteiger partial charge in [-0.2, -0.15) is 0 Å². The van der Waals surface area contributed by atoms with Crippen LogP contribution >= 0.6 is 0 Å². The molecule has 0 aromatic heterocycles. The Balaban J connectivity index is 1.97. The van der Waals surface area contributed by atoms with E-state index in [2.05, 4.69) is 30.1 Å². The minimum absolute atomic E-state index is 0.0319. The number of amides is 2. The molecule has 0 fully saturated rings. The van der Waals surface area contributed by atoms with Gasteiger partial charge in [-0.1, -0.05) is 25.1 Å². The molecule has 0 unspecified atom stereocenters. The molecule has 3 rings (SSSR count). The lowest BCUT2D eigenvalue weighted by Gasteiger charge is -2.36. The van der Waals surface area contributed by atoms with Crippen molar-refractivity contribution in [2.75, 3.05) is 46.3 Å². The fourth-order valence-electron chi connectivity index (χ4n) is 4.40. The number of carbonyl (C=O) groups excluding carboxylic acids is 2. The Morgan fingerprint density at radius 2 is 1.89 bits per heavy atom. The van der Waals surface area contributed by atoms with Crippen LogP contribution in [-0.2, 0) is 16.1 Å². The van der Waals surface area contributed by atoms with Crippen LogP contribution in [0.2, 0.25) is 0 Å². The second kappa shape index (κ2) is 12.0. The number of rotatable bonds is 5. The van der Waals surface area contributed by atoms with Crippen molar-refractivity contribution in [2.24, 2.45) is 5.92 Å². The van der Waals surface area contributed by atoms with Gasteiger partial charge in [-0.3, -0.25) is 14.5 Å². The highest BCUT2D eigenvalue weighted by Gasteiger charge is 2.28. The Bertz CT molecular complexity index is 1030. The Kier molecular flexibility index (Phi) is 9.12. The molecular formula is C27H37N3O5. The zero-order valence-electron chi connectivity index (χ0n) is 21.5. The van der Waals surface area contributed by atoms with Gasteiger partial charge >= 0.3 is 0 Å². The van der Waals surface area contributed by atoms with Gasteiger partial charge in [0, 0.05) is 64.1 Å². The summed E-state index contributed by atoms with van der Waals surface area (Å²) in [5.74, 6) is 1.11. The smallest absolute Gasteiger partial charge is 0.257 e. The minimum Gasteiger partial charge on any atom is -0.496 e. The van der Waals surface area contributed by atoms with Crippen LogP contribution in [0, 0.1) is 5.92 Å².